The van der Waals surface area contributed by atoms with Crippen molar-refractivity contribution >= 4 is 11.8 Å². The minimum absolute atomic E-state index is 0.157. The van der Waals surface area contributed by atoms with E-state index in [4.69, 9.17) is 0 Å². The standard InChI is InChI=1S/C15H22N4OS/c1-5-19-14(20)17-18-15(19)21-13-7-6-12(8-11(13)4)9-16-10(2)3/h6-8,10,16H,5,9H2,1-4H3,(H,17,20). The predicted octanol–water partition coefficient (Wildman–Crippen LogP) is 2.55. The molecule has 1 heterocycles. The summed E-state index contributed by atoms with van der Waals surface area (Å²) in [7, 11) is 0. The number of nitrogens with zero attached hydrogens (tertiary/aromatic N) is 2. The summed E-state index contributed by atoms with van der Waals surface area (Å²) in [5.74, 6) is 0. The summed E-state index contributed by atoms with van der Waals surface area (Å²) in [5.41, 5.74) is 2.30. The Morgan fingerprint density at radius 3 is 2.81 bits per heavy atom. The molecule has 2 aromatic rings. The molecule has 0 fully saturated rings. The Bertz CT molecular complexity index is 660. The summed E-state index contributed by atoms with van der Waals surface area (Å²) in [6.07, 6.45) is 0. The van der Waals surface area contributed by atoms with Gasteiger partial charge >= 0.3 is 5.69 Å². The average Bonchev–Trinajstić information content (AvgIpc) is 2.79. The Kier molecular flexibility index (Phi) is 5.25. The zero-order valence-electron chi connectivity index (χ0n) is 12.9. The lowest BCUT2D eigenvalue weighted by Gasteiger charge is -2.11. The molecule has 0 aliphatic rings. The number of H-pyrrole nitrogens is 1. The van der Waals surface area contributed by atoms with Gasteiger partial charge in [0.1, 0.15) is 0 Å². The molecule has 0 saturated heterocycles. The van der Waals surface area contributed by atoms with Gasteiger partial charge in [-0.05, 0) is 42.8 Å². The number of hydrogen-bond donors (Lipinski definition) is 2. The van der Waals surface area contributed by atoms with Crippen molar-refractivity contribution in [3.8, 4) is 0 Å². The zero-order valence-corrected chi connectivity index (χ0v) is 13.8. The van der Waals surface area contributed by atoms with Crippen molar-refractivity contribution in [1.82, 2.24) is 20.1 Å². The second-order valence-electron chi connectivity index (χ2n) is 5.29. The van der Waals surface area contributed by atoms with Crippen LogP contribution >= 0.6 is 11.8 Å². The minimum atomic E-state index is -0.157. The molecule has 2 rings (SSSR count). The fraction of sp³-hybridized carbons (Fsp3) is 0.467. The first-order valence-corrected chi connectivity index (χ1v) is 7.99. The largest absolute Gasteiger partial charge is 0.343 e. The molecule has 21 heavy (non-hydrogen) atoms. The van der Waals surface area contributed by atoms with Gasteiger partial charge in [0.25, 0.3) is 0 Å². The molecule has 1 aromatic heterocycles. The van der Waals surface area contributed by atoms with E-state index in [0.717, 1.165) is 11.4 Å². The van der Waals surface area contributed by atoms with Gasteiger partial charge in [-0.15, -0.1) is 5.10 Å². The first-order valence-electron chi connectivity index (χ1n) is 7.17. The molecule has 6 heteroatoms. The van der Waals surface area contributed by atoms with Crippen LogP contribution in [0.5, 0.6) is 0 Å². The maximum atomic E-state index is 11.6. The van der Waals surface area contributed by atoms with E-state index < -0.39 is 0 Å². The lowest BCUT2D eigenvalue weighted by Crippen LogP contribution is -2.21. The molecular weight excluding hydrogens is 284 g/mol. The van der Waals surface area contributed by atoms with Crippen LogP contribution in [0.1, 0.15) is 31.9 Å². The third kappa shape index (κ3) is 3.98. The van der Waals surface area contributed by atoms with Crippen LogP contribution in [0.15, 0.2) is 33.0 Å². The van der Waals surface area contributed by atoms with Crippen LogP contribution in [0, 0.1) is 6.92 Å². The van der Waals surface area contributed by atoms with Crippen molar-refractivity contribution in [2.75, 3.05) is 0 Å². The molecule has 0 aliphatic carbocycles. The molecule has 0 unspecified atom stereocenters. The van der Waals surface area contributed by atoms with Gasteiger partial charge in [0.15, 0.2) is 5.16 Å². The molecule has 5 nitrogen and oxygen atoms in total. The molecule has 0 bridgehead atoms. The van der Waals surface area contributed by atoms with Crippen molar-refractivity contribution in [3.63, 3.8) is 0 Å². The number of aryl methyl sites for hydroxylation is 1. The van der Waals surface area contributed by atoms with Gasteiger partial charge in [-0.3, -0.25) is 4.57 Å². The zero-order chi connectivity index (χ0) is 15.4. The number of aromatic amines is 1. The summed E-state index contributed by atoms with van der Waals surface area (Å²) < 4.78 is 1.64. The SMILES string of the molecule is CCn1c(Sc2ccc(CNC(C)C)cc2C)n[nH]c1=O. The van der Waals surface area contributed by atoms with E-state index in [1.54, 1.807) is 4.57 Å². The molecule has 0 saturated carbocycles. The highest BCUT2D eigenvalue weighted by Gasteiger charge is 2.10. The van der Waals surface area contributed by atoms with E-state index >= 15 is 0 Å². The lowest BCUT2D eigenvalue weighted by molar-refractivity contribution is 0.588. The van der Waals surface area contributed by atoms with Crippen LogP contribution < -0.4 is 11.0 Å². The maximum absolute atomic E-state index is 11.6. The van der Waals surface area contributed by atoms with Gasteiger partial charge in [0.05, 0.1) is 0 Å². The molecule has 0 atom stereocenters. The Morgan fingerprint density at radius 2 is 2.19 bits per heavy atom. The third-order valence-corrected chi connectivity index (χ3v) is 4.37. The van der Waals surface area contributed by atoms with Crippen LogP contribution in [-0.4, -0.2) is 20.8 Å². The van der Waals surface area contributed by atoms with Gasteiger partial charge < -0.3 is 5.32 Å². The summed E-state index contributed by atoms with van der Waals surface area (Å²) in [6.45, 7) is 9.78. The van der Waals surface area contributed by atoms with E-state index in [9.17, 15) is 4.79 Å². The monoisotopic (exact) mass is 306 g/mol. The lowest BCUT2D eigenvalue weighted by atomic mass is 10.1. The fourth-order valence-electron chi connectivity index (χ4n) is 2.02. The molecular formula is C15H22N4OS. The van der Waals surface area contributed by atoms with Gasteiger partial charge in [0.2, 0.25) is 0 Å². The summed E-state index contributed by atoms with van der Waals surface area (Å²) in [6, 6.07) is 6.86. The maximum Gasteiger partial charge on any atom is 0.343 e. The molecule has 1 aromatic carbocycles. The van der Waals surface area contributed by atoms with Gasteiger partial charge in [0, 0.05) is 24.0 Å². The highest BCUT2D eigenvalue weighted by Crippen LogP contribution is 2.28. The Labute approximate surface area is 129 Å². The van der Waals surface area contributed by atoms with Crippen molar-refractivity contribution < 1.29 is 0 Å². The molecule has 0 aliphatic heterocycles. The van der Waals surface area contributed by atoms with Gasteiger partial charge in [-0.1, -0.05) is 26.0 Å². The molecule has 114 valence electrons. The van der Waals surface area contributed by atoms with E-state index in [0.29, 0.717) is 17.7 Å². The fourth-order valence-corrected chi connectivity index (χ4v) is 2.98. The summed E-state index contributed by atoms with van der Waals surface area (Å²) in [5, 5.41) is 10.7. The molecule has 0 radical (unpaired) electrons. The Morgan fingerprint density at radius 1 is 1.43 bits per heavy atom. The third-order valence-electron chi connectivity index (χ3n) is 3.19. The number of aromatic nitrogens is 3. The second-order valence-corrected chi connectivity index (χ2v) is 6.30. The van der Waals surface area contributed by atoms with Crippen LogP contribution in [0.4, 0.5) is 0 Å². The second kappa shape index (κ2) is 6.95. The van der Waals surface area contributed by atoms with Gasteiger partial charge in [-0.2, -0.15) is 0 Å². The molecule has 0 spiro atoms. The molecule has 0 amide bonds. The first-order chi connectivity index (χ1) is 10.0. The van der Waals surface area contributed by atoms with E-state index in [1.165, 1.54) is 22.9 Å². The average molecular weight is 306 g/mol. The first kappa shape index (κ1) is 15.9. The minimum Gasteiger partial charge on any atom is -0.310 e. The number of nitrogens with one attached hydrogen (secondary N) is 2. The Hall–Kier alpha value is -1.53. The van der Waals surface area contributed by atoms with Crippen molar-refractivity contribution in [1.29, 1.82) is 0 Å². The van der Waals surface area contributed by atoms with E-state index in [-0.39, 0.29) is 5.69 Å². The quantitative estimate of drug-likeness (QED) is 0.861. The van der Waals surface area contributed by atoms with E-state index in [2.05, 4.69) is 54.5 Å². The van der Waals surface area contributed by atoms with Crippen molar-refractivity contribution in [3.05, 3.63) is 39.8 Å². The van der Waals surface area contributed by atoms with Gasteiger partial charge in [-0.25, -0.2) is 9.89 Å². The normalized spacial score (nSPS) is 11.3. The molecule has 2 N–H and O–H groups in total. The highest BCUT2D eigenvalue weighted by atomic mass is 32.2. The topological polar surface area (TPSA) is 62.7 Å². The van der Waals surface area contributed by atoms with Crippen LogP contribution in [0.25, 0.3) is 0 Å². The van der Waals surface area contributed by atoms with Crippen LogP contribution in [0.2, 0.25) is 0 Å². The van der Waals surface area contributed by atoms with Crippen LogP contribution in [-0.2, 0) is 13.1 Å². The Balaban J connectivity index is 2.15. The predicted molar refractivity (Wildman–Crippen MR) is 85.8 cm³/mol. The number of hydrogen-bond acceptors (Lipinski definition) is 4. The number of benzene rings is 1. The van der Waals surface area contributed by atoms with Crippen molar-refractivity contribution in [2.24, 2.45) is 0 Å². The summed E-state index contributed by atoms with van der Waals surface area (Å²) >= 11 is 1.52. The smallest absolute Gasteiger partial charge is 0.310 e. The highest BCUT2D eigenvalue weighted by molar-refractivity contribution is 7.99. The summed E-state index contributed by atoms with van der Waals surface area (Å²) in [4.78, 5) is 12.7. The van der Waals surface area contributed by atoms with Crippen molar-refractivity contribution in [2.45, 2.75) is 56.9 Å². The number of rotatable bonds is 6. The van der Waals surface area contributed by atoms with Crippen LogP contribution in [0.3, 0.4) is 0 Å². The van der Waals surface area contributed by atoms with E-state index in [1.807, 2.05) is 6.92 Å².